The zero-order valence-corrected chi connectivity index (χ0v) is 17.5. The van der Waals surface area contributed by atoms with Crippen molar-refractivity contribution in [3.8, 4) is 0 Å². The average Bonchev–Trinajstić information content (AvgIpc) is 3.24. The van der Waals surface area contributed by atoms with Crippen molar-refractivity contribution >= 4 is 15.8 Å². The van der Waals surface area contributed by atoms with Gasteiger partial charge < -0.3 is 4.90 Å². The highest BCUT2D eigenvalue weighted by Crippen LogP contribution is 2.34. The number of anilines is 1. The third-order valence-corrected chi connectivity index (χ3v) is 7.06. The van der Waals surface area contributed by atoms with Gasteiger partial charge in [-0.25, -0.2) is 22.8 Å². The molecule has 1 aliphatic rings. The normalized spacial score (nSPS) is 16.7. The number of hydrogen-bond acceptors (Lipinski definition) is 5. The summed E-state index contributed by atoms with van der Waals surface area (Å²) in [4.78, 5) is 11.4. The minimum absolute atomic E-state index is 0.0615. The molecule has 4 rings (SSSR count). The average molecular weight is 425 g/mol. The second kappa shape index (κ2) is 8.52. The van der Waals surface area contributed by atoms with Crippen molar-refractivity contribution < 1.29 is 12.8 Å². The Hall–Kier alpha value is -2.80. The molecule has 7 heteroatoms. The molecule has 2 aromatic carbocycles. The summed E-state index contributed by atoms with van der Waals surface area (Å²) in [5, 5.41) is 0. The summed E-state index contributed by atoms with van der Waals surface area (Å²) in [5.41, 5.74) is 2.49. The topological polar surface area (TPSA) is 63.2 Å². The summed E-state index contributed by atoms with van der Waals surface area (Å²) in [5.74, 6) is 0.440. The summed E-state index contributed by atoms with van der Waals surface area (Å²) >= 11 is 0. The fraction of sp³-hybridized carbons (Fsp3) is 0.261. The SMILES string of the molecule is CCS(=O)(=O)c1cccc([CH]c2cnc(N3CCCC3c3cccc(F)c3)nc2)c1. The van der Waals surface area contributed by atoms with E-state index in [1.807, 2.05) is 18.6 Å². The lowest BCUT2D eigenvalue weighted by Gasteiger charge is -2.25. The quantitative estimate of drug-likeness (QED) is 0.589. The molecule has 0 spiro atoms. The molecule has 5 nitrogen and oxygen atoms in total. The van der Waals surface area contributed by atoms with Gasteiger partial charge in [0.05, 0.1) is 16.7 Å². The molecular formula is C23H23FN3O2S. The summed E-state index contributed by atoms with van der Waals surface area (Å²) in [6.07, 6.45) is 7.23. The molecule has 1 radical (unpaired) electrons. The molecule has 2 heterocycles. The van der Waals surface area contributed by atoms with E-state index in [2.05, 4.69) is 14.9 Å². The first-order valence-corrected chi connectivity index (χ1v) is 11.6. The number of hydrogen-bond donors (Lipinski definition) is 0. The van der Waals surface area contributed by atoms with Gasteiger partial charge >= 0.3 is 0 Å². The number of sulfone groups is 1. The van der Waals surface area contributed by atoms with Crippen LogP contribution in [0.2, 0.25) is 0 Å². The molecule has 1 unspecified atom stereocenters. The van der Waals surface area contributed by atoms with Crippen molar-refractivity contribution in [1.82, 2.24) is 9.97 Å². The van der Waals surface area contributed by atoms with Gasteiger partial charge in [0.15, 0.2) is 9.84 Å². The first-order valence-electron chi connectivity index (χ1n) is 9.98. The molecule has 1 aliphatic heterocycles. The lowest BCUT2D eigenvalue weighted by molar-refractivity contribution is 0.597. The third kappa shape index (κ3) is 4.36. The fourth-order valence-electron chi connectivity index (χ4n) is 3.78. The third-order valence-electron chi connectivity index (χ3n) is 5.33. The molecule has 1 aromatic heterocycles. The zero-order valence-electron chi connectivity index (χ0n) is 16.7. The van der Waals surface area contributed by atoms with Crippen LogP contribution in [0.15, 0.2) is 65.8 Å². The van der Waals surface area contributed by atoms with Crippen molar-refractivity contribution in [2.45, 2.75) is 30.7 Å². The van der Waals surface area contributed by atoms with Crippen LogP contribution in [0.5, 0.6) is 0 Å². The van der Waals surface area contributed by atoms with Crippen LogP contribution < -0.4 is 4.90 Å². The Morgan fingerprint density at radius 3 is 2.60 bits per heavy atom. The van der Waals surface area contributed by atoms with E-state index in [0.717, 1.165) is 36.1 Å². The highest BCUT2D eigenvalue weighted by Gasteiger charge is 2.28. The molecule has 155 valence electrons. The van der Waals surface area contributed by atoms with E-state index in [0.29, 0.717) is 10.8 Å². The Morgan fingerprint density at radius 2 is 1.87 bits per heavy atom. The monoisotopic (exact) mass is 424 g/mol. The van der Waals surface area contributed by atoms with Crippen LogP contribution in [0.1, 0.15) is 42.5 Å². The molecule has 0 saturated carbocycles. The molecule has 1 saturated heterocycles. The van der Waals surface area contributed by atoms with Crippen LogP contribution in [0.4, 0.5) is 10.3 Å². The highest BCUT2D eigenvalue weighted by molar-refractivity contribution is 7.91. The number of aromatic nitrogens is 2. The molecule has 0 bridgehead atoms. The molecule has 1 fully saturated rings. The predicted molar refractivity (Wildman–Crippen MR) is 114 cm³/mol. The van der Waals surface area contributed by atoms with Gasteiger partial charge in [-0.15, -0.1) is 0 Å². The second-order valence-corrected chi connectivity index (χ2v) is 9.62. The van der Waals surface area contributed by atoms with Crippen LogP contribution in [-0.2, 0) is 9.84 Å². The minimum atomic E-state index is -3.25. The summed E-state index contributed by atoms with van der Waals surface area (Å²) in [6, 6.07) is 13.6. The number of benzene rings is 2. The molecule has 3 aromatic rings. The van der Waals surface area contributed by atoms with Crippen molar-refractivity contribution in [1.29, 1.82) is 0 Å². The minimum Gasteiger partial charge on any atom is -0.334 e. The molecule has 1 atom stereocenters. The van der Waals surface area contributed by atoms with E-state index in [1.165, 1.54) is 6.07 Å². The van der Waals surface area contributed by atoms with Crippen LogP contribution in [0, 0.1) is 12.2 Å². The molecule has 0 amide bonds. The van der Waals surface area contributed by atoms with Gasteiger partial charge in [-0.05, 0) is 53.8 Å². The molecular weight excluding hydrogens is 401 g/mol. The van der Waals surface area contributed by atoms with Gasteiger partial charge in [-0.3, -0.25) is 0 Å². The van der Waals surface area contributed by atoms with Crippen LogP contribution in [0.3, 0.4) is 0 Å². The highest BCUT2D eigenvalue weighted by atomic mass is 32.2. The Kier molecular flexibility index (Phi) is 5.81. The maximum atomic E-state index is 13.6. The summed E-state index contributed by atoms with van der Waals surface area (Å²) in [7, 11) is -3.25. The van der Waals surface area contributed by atoms with E-state index in [9.17, 15) is 12.8 Å². The zero-order chi connectivity index (χ0) is 21.1. The summed E-state index contributed by atoms with van der Waals surface area (Å²) < 4.78 is 37.8. The molecule has 30 heavy (non-hydrogen) atoms. The fourth-order valence-corrected chi connectivity index (χ4v) is 4.71. The standard InChI is InChI=1S/C23H23FN3O2S/c1-2-30(28,29)21-9-3-6-17(13-21)12-18-15-25-23(26-16-18)27-11-5-10-22(27)19-7-4-8-20(24)14-19/h3-4,6-9,12-16,22H,2,5,10-11H2,1H3. The maximum absolute atomic E-state index is 13.6. The van der Waals surface area contributed by atoms with E-state index in [-0.39, 0.29) is 17.6 Å². The van der Waals surface area contributed by atoms with E-state index < -0.39 is 9.84 Å². The number of rotatable bonds is 6. The van der Waals surface area contributed by atoms with Crippen molar-refractivity contribution in [3.05, 3.63) is 89.9 Å². The summed E-state index contributed by atoms with van der Waals surface area (Å²) in [6.45, 7) is 2.45. The van der Waals surface area contributed by atoms with Crippen molar-refractivity contribution in [2.75, 3.05) is 17.2 Å². The van der Waals surface area contributed by atoms with Gasteiger partial charge in [-0.1, -0.05) is 31.2 Å². The first-order chi connectivity index (χ1) is 14.5. The smallest absolute Gasteiger partial charge is 0.225 e. The molecule has 0 N–H and O–H groups in total. The Balaban J connectivity index is 1.51. The van der Waals surface area contributed by atoms with Gasteiger partial charge in [0.2, 0.25) is 5.95 Å². The predicted octanol–water partition coefficient (Wildman–Crippen LogP) is 4.35. The molecule has 0 aliphatic carbocycles. The van der Waals surface area contributed by atoms with Crippen molar-refractivity contribution in [2.24, 2.45) is 0 Å². The largest absolute Gasteiger partial charge is 0.334 e. The van der Waals surface area contributed by atoms with Crippen LogP contribution >= 0.6 is 0 Å². The van der Waals surface area contributed by atoms with E-state index in [1.54, 1.807) is 49.6 Å². The van der Waals surface area contributed by atoms with Gasteiger partial charge in [-0.2, -0.15) is 0 Å². The van der Waals surface area contributed by atoms with Gasteiger partial charge in [0.25, 0.3) is 0 Å². The Labute approximate surface area is 176 Å². The van der Waals surface area contributed by atoms with Crippen LogP contribution in [0.25, 0.3) is 0 Å². The van der Waals surface area contributed by atoms with E-state index in [4.69, 9.17) is 0 Å². The number of halogens is 1. The lowest BCUT2D eigenvalue weighted by atomic mass is 10.0. The van der Waals surface area contributed by atoms with Crippen LogP contribution in [-0.4, -0.2) is 30.7 Å². The second-order valence-electron chi connectivity index (χ2n) is 7.34. The van der Waals surface area contributed by atoms with Gasteiger partial charge in [0.1, 0.15) is 5.82 Å². The number of nitrogens with zero attached hydrogens (tertiary/aromatic N) is 3. The Morgan fingerprint density at radius 1 is 1.10 bits per heavy atom. The van der Waals surface area contributed by atoms with Gasteiger partial charge in [0, 0.05) is 25.4 Å². The maximum Gasteiger partial charge on any atom is 0.225 e. The van der Waals surface area contributed by atoms with Crippen molar-refractivity contribution in [3.63, 3.8) is 0 Å². The van der Waals surface area contributed by atoms with E-state index >= 15 is 0 Å². The first kappa shape index (κ1) is 20.5. The lowest BCUT2D eigenvalue weighted by Crippen LogP contribution is -2.24. The Bertz CT molecular complexity index is 1130.